The molecule has 0 aliphatic carbocycles. The van der Waals surface area contributed by atoms with Gasteiger partial charge in [0.2, 0.25) is 0 Å². The number of para-hydroxylation sites is 4. The van der Waals surface area contributed by atoms with Crippen molar-refractivity contribution in [1.82, 2.24) is 0 Å². The van der Waals surface area contributed by atoms with Crippen molar-refractivity contribution in [2.45, 2.75) is 0 Å². The summed E-state index contributed by atoms with van der Waals surface area (Å²) in [5, 5.41) is 6.91. The van der Waals surface area contributed by atoms with Gasteiger partial charge in [0.05, 0.1) is 0 Å². The quantitative estimate of drug-likeness (QED) is 0.228. The van der Waals surface area contributed by atoms with E-state index >= 15 is 0 Å². The maximum atomic E-state index is 4.88. The number of fused-ring (bicyclic) bond motifs is 4. The summed E-state index contributed by atoms with van der Waals surface area (Å²) in [6.07, 6.45) is 0. The van der Waals surface area contributed by atoms with Crippen molar-refractivity contribution < 1.29 is 16.5 Å². The molecule has 0 atom stereocenters. The van der Waals surface area contributed by atoms with Crippen LogP contribution >= 0.6 is 18.8 Å². The van der Waals surface area contributed by atoms with Gasteiger partial charge in [-0.2, -0.15) is 0 Å². The Balaban J connectivity index is 0.000000133. The van der Waals surface area contributed by atoms with Crippen molar-refractivity contribution in [2.24, 2.45) is 0 Å². The van der Waals surface area contributed by atoms with E-state index in [4.69, 9.17) is 18.8 Å². The Hall–Kier alpha value is -1.21. The molecule has 4 aromatic rings. The van der Waals surface area contributed by atoms with Gasteiger partial charge in [-0.25, -0.2) is 0 Å². The fraction of sp³-hybridized carbons (Fsp3) is 0. The summed E-state index contributed by atoms with van der Waals surface area (Å²) in [6, 6.07) is 34.2. The number of anilines is 4. The van der Waals surface area contributed by atoms with Crippen LogP contribution in [-0.4, -0.2) is 29.9 Å². The third-order valence-electron chi connectivity index (χ3n) is 4.53. The summed E-state index contributed by atoms with van der Waals surface area (Å²) in [6.45, 7) is 0. The van der Waals surface area contributed by atoms with Gasteiger partial charge in [0.15, 0.2) is 0 Å². The molecule has 0 unspecified atom stereocenters. The predicted octanol–water partition coefficient (Wildman–Crippen LogP) is 4.17. The maximum absolute atomic E-state index is 4.88. The Bertz CT molecular complexity index is 907. The molecule has 0 radical (unpaired) electrons. The minimum absolute atomic E-state index is 0.457. The van der Waals surface area contributed by atoms with E-state index in [0.717, 1.165) is 0 Å². The molecule has 2 aliphatic heterocycles. The predicted molar refractivity (Wildman–Crippen MR) is 134 cm³/mol. The van der Waals surface area contributed by atoms with Crippen molar-refractivity contribution in [3.63, 3.8) is 0 Å². The van der Waals surface area contributed by atoms with Crippen LogP contribution in [0.3, 0.4) is 0 Å². The summed E-state index contributed by atoms with van der Waals surface area (Å²) in [5.41, 5.74) is 5.08. The molecule has 0 amide bonds. The van der Waals surface area contributed by atoms with Crippen LogP contribution in [0, 0.1) is 0 Å². The van der Waals surface area contributed by atoms with E-state index in [1.165, 1.54) is 40.6 Å². The number of halogens is 2. The van der Waals surface area contributed by atoms with E-state index in [1.54, 1.807) is 0 Å². The van der Waals surface area contributed by atoms with E-state index in [1.807, 2.05) is 0 Å². The normalized spacial score (nSPS) is 12.1. The van der Waals surface area contributed by atoms with Crippen molar-refractivity contribution in [1.29, 1.82) is 0 Å². The second kappa shape index (κ2) is 11.6. The van der Waals surface area contributed by atoms with Gasteiger partial charge in [0, 0.05) is 0 Å². The van der Waals surface area contributed by atoms with Crippen LogP contribution in [0.4, 0.5) is 22.7 Å². The van der Waals surface area contributed by atoms with Gasteiger partial charge in [-0.15, -0.1) is 0 Å². The Morgan fingerprint density at radius 1 is 0.452 bits per heavy atom. The molecule has 0 fully saturated rings. The number of hydrogen-bond acceptors (Lipinski definition) is 2. The zero-order valence-electron chi connectivity index (χ0n) is 16.1. The molecule has 0 bridgehead atoms. The van der Waals surface area contributed by atoms with E-state index < -0.39 is 16.5 Å². The number of rotatable bonds is 0. The van der Waals surface area contributed by atoms with Crippen LogP contribution in [0.1, 0.15) is 0 Å². The van der Waals surface area contributed by atoms with Crippen molar-refractivity contribution in [2.75, 3.05) is 10.6 Å². The van der Waals surface area contributed by atoms with Gasteiger partial charge in [0.25, 0.3) is 0 Å². The van der Waals surface area contributed by atoms with Crippen molar-refractivity contribution >= 4 is 89.3 Å². The first kappa shape index (κ1) is 23.0. The summed E-state index contributed by atoms with van der Waals surface area (Å²) in [7, 11) is 9.75. The monoisotopic (exact) mass is 759 g/mol. The van der Waals surface area contributed by atoms with Crippen LogP contribution < -0.4 is 28.5 Å². The first-order valence-electron chi connectivity index (χ1n) is 9.36. The average molecular weight is 758 g/mol. The third-order valence-corrected chi connectivity index (χ3v) is 9.36. The summed E-state index contributed by atoms with van der Waals surface area (Å²) in [5.74, 6) is 0. The van der Waals surface area contributed by atoms with Crippen molar-refractivity contribution in [3.05, 3.63) is 97.1 Å². The molecule has 2 N–H and O–H groups in total. The number of hydrogen-bond donors (Lipinski definition) is 2. The second-order valence-corrected chi connectivity index (χ2v) is 14.3. The molecule has 6 rings (SSSR count). The minimum atomic E-state index is -0.472. The molecule has 2 nitrogen and oxygen atoms in total. The van der Waals surface area contributed by atoms with Crippen LogP contribution in [0.15, 0.2) is 97.1 Å². The van der Waals surface area contributed by atoms with Gasteiger partial charge < -0.3 is 0 Å². The molecule has 0 spiro atoms. The molecular weight excluding hydrogens is 740 g/mol. The van der Waals surface area contributed by atoms with Crippen LogP contribution in [0.2, 0.25) is 0 Å². The van der Waals surface area contributed by atoms with Crippen LogP contribution in [0.25, 0.3) is 0 Å². The molecule has 0 aromatic heterocycles. The van der Waals surface area contributed by atoms with Gasteiger partial charge in [-0.05, 0) is 0 Å². The summed E-state index contributed by atoms with van der Waals surface area (Å²) >= 11 is 0.441. The number of nitrogens with one attached hydrogen (secondary N) is 2. The Kier molecular flexibility index (Phi) is 8.59. The Morgan fingerprint density at radius 2 is 0.677 bits per heavy atom. The SMILES string of the molecule is [Cl][Pt][Cl].c1ccc2c(c1)Nc1ccccc1[Se]2.c1ccc2c(c1)Nc1ccccc1[Se]2. The first-order valence-corrected chi connectivity index (χ1v) is 18.4. The Labute approximate surface area is 211 Å². The van der Waals surface area contributed by atoms with Crippen LogP contribution in [-0.2, 0) is 16.5 Å². The standard InChI is InChI=1S/2C12H9NSe.2ClH.Pt/c2*1-3-7-11-9(5-1)13-10-6-2-4-8-12(10)14-11;;;/h2*1-8,13H;2*1H;/q;;;;+2/p-2. The molecule has 4 aromatic carbocycles. The van der Waals surface area contributed by atoms with Crippen molar-refractivity contribution in [3.8, 4) is 0 Å². The molecule has 31 heavy (non-hydrogen) atoms. The summed E-state index contributed by atoms with van der Waals surface area (Å²) < 4.78 is 5.77. The van der Waals surface area contributed by atoms with Gasteiger partial charge in [0.1, 0.15) is 0 Å². The average Bonchev–Trinajstić information content (AvgIpc) is 2.82. The number of benzene rings is 4. The second-order valence-electron chi connectivity index (χ2n) is 6.48. The molecule has 0 saturated heterocycles. The Morgan fingerprint density at radius 3 is 0.935 bits per heavy atom. The molecule has 0 saturated carbocycles. The first-order chi connectivity index (χ1) is 15.3. The molecular formula is C24H18Cl2N2PtSe2. The molecule has 2 heterocycles. The van der Waals surface area contributed by atoms with E-state index in [0.29, 0.717) is 29.9 Å². The van der Waals surface area contributed by atoms with Gasteiger partial charge >= 0.3 is 214 Å². The van der Waals surface area contributed by atoms with Gasteiger partial charge in [-0.1, -0.05) is 0 Å². The van der Waals surface area contributed by atoms with E-state index in [9.17, 15) is 0 Å². The van der Waals surface area contributed by atoms with Crippen LogP contribution in [0.5, 0.6) is 0 Å². The molecule has 160 valence electrons. The zero-order chi connectivity index (χ0) is 21.5. The fourth-order valence-corrected chi connectivity index (χ4v) is 7.31. The molecule has 7 heteroatoms. The zero-order valence-corrected chi connectivity index (χ0v) is 23.3. The van der Waals surface area contributed by atoms with E-state index in [-0.39, 0.29) is 0 Å². The summed E-state index contributed by atoms with van der Waals surface area (Å²) in [4.78, 5) is 0. The topological polar surface area (TPSA) is 24.1 Å². The molecule has 2 aliphatic rings. The fourth-order valence-electron chi connectivity index (χ4n) is 3.16. The van der Waals surface area contributed by atoms with E-state index in [2.05, 4.69) is 108 Å². The third kappa shape index (κ3) is 5.98. The van der Waals surface area contributed by atoms with Gasteiger partial charge in [-0.3, -0.25) is 0 Å².